The van der Waals surface area contributed by atoms with Crippen LogP contribution in [-0.2, 0) is 16.7 Å². The summed E-state index contributed by atoms with van der Waals surface area (Å²) in [5.74, 6) is 0. The Morgan fingerprint density at radius 3 is 2.62 bits per heavy atom. The van der Waals surface area contributed by atoms with Crippen molar-refractivity contribution in [1.29, 1.82) is 0 Å². The van der Waals surface area contributed by atoms with Gasteiger partial charge in [0.2, 0.25) is 0 Å². The molecule has 1 aliphatic rings. The highest BCUT2D eigenvalue weighted by atomic mass is 35.5. The fourth-order valence-electron chi connectivity index (χ4n) is 3.13. The second kappa shape index (κ2) is 7.61. The van der Waals surface area contributed by atoms with Crippen LogP contribution in [-0.4, -0.2) is 24.7 Å². The summed E-state index contributed by atoms with van der Waals surface area (Å²) in [7, 11) is 0. The van der Waals surface area contributed by atoms with Crippen LogP contribution in [0.4, 0.5) is 5.00 Å². The third-order valence-corrected chi connectivity index (χ3v) is 5.70. The molecule has 0 spiro atoms. The number of nitro groups is 1. The Hall–Kier alpha value is -1.47. The summed E-state index contributed by atoms with van der Waals surface area (Å²) < 4.78 is 5.54. The van der Waals surface area contributed by atoms with Crippen molar-refractivity contribution in [3.63, 3.8) is 0 Å². The van der Waals surface area contributed by atoms with Gasteiger partial charge in [0.05, 0.1) is 4.92 Å². The van der Waals surface area contributed by atoms with Crippen LogP contribution in [0.2, 0.25) is 5.02 Å². The normalized spacial score (nSPS) is 16.9. The Morgan fingerprint density at radius 1 is 1.29 bits per heavy atom. The van der Waals surface area contributed by atoms with Crippen LogP contribution in [0.1, 0.15) is 24.0 Å². The van der Waals surface area contributed by atoms with Crippen LogP contribution < -0.4 is 5.32 Å². The van der Waals surface area contributed by atoms with Crippen LogP contribution in [0.5, 0.6) is 0 Å². The molecule has 1 aliphatic heterocycles. The van der Waals surface area contributed by atoms with Crippen molar-refractivity contribution in [1.82, 2.24) is 5.32 Å². The maximum Gasteiger partial charge on any atom is 0.324 e. The molecule has 0 saturated carbocycles. The molecule has 1 aromatic carbocycles. The van der Waals surface area contributed by atoms with Crippen LogP contribution in [0.15, 0.2) is 35.7 Å². The molecule has 1 saturated heterocycles. The van der Waals surface area contributed by atoms with Gasteiger partial charge in [0.25, 0.3) is 0 Å². The first-order valence-electron chi connectivity index (χ1n) is 7.85. The predicted molar refractivity (Wildman–Crippen MR) is 95.9 cm³/mol. The van der Waals surface area contributed by atoms with E-state index in [1.54, 1.807) is 6.07 Å². The largest absolute Gasteiger partial charge is 0.381 e. The van der Waals surface area contributed by atoms with Gasteiger partial charge in [-0.05, 0) is 36.1 Å². The Kier molecular flexibility index (Phi) is 5.50. The van der Waals surface area contributed by atoms with Crippen molar-refractivity contribution in [3.05, 3.63) is 62.0 Å². The van der Waals surface area contributed by atoms with E-state index >= 15 is 0 Å². The van der Waals surface area contributed by atoms with Gasteiger partial charge >= 0.3 is 5.00 Å². The van der Waals surface area contributed by atoms with Gasteiger partial charge in [-0.15, -0.1) is 0 Å². The molecule has 1 fully saturated rings. The molecule has 0 unspecified atom stereocenters. The highest BCUT2D eigenvalue weighted by molar-refractivity contribution is 7.13. The molecule has 2 heterocycles. The summed E-state index contributed by atoms with van der Waals surface area (Å²) in [4.78, 5) is 10.4. The number of benzene rings is 1. The Balaban J connectivity index is 1.68. The van der Waals surface area contributed by atoms with Crippen molar-refractivity contribution in [2.45, 2.75) is 24.8 Å². The number of hydrogen-bond acceptors (Lipinski definition) is 5. The van der Waals surface area contributed by atoms with Crippen molar-refractivity contribution in [3.8, 4) is 0 Å². The fraction of sp³-hybridized carbons (Fsp3) is 0.412. The van der Waals surface area contributed by atoms with Crippen LogP contribution in [0.3, 0.4) is 0 Å². The summed E-state index contributed by atoms with van der Waals surface area (Å²) in [5.41, 5.74) is 2.23. The molecule has 128 valence electrons. The number of nitrogens with zero attached hydrogens (tertiary/aromatic N) is 1. The van der Waals surface area contributed by atoms with Crippen LogP contribution >= 0.6 is 22.9 Å². The lowest BCUT2D eigenvalue weighted by Crippen LogP contribution is -2.42. The summed E-state index contributed by atoms with van der Waals surface area (Å²) in [6.45, 7) is 2.92. The molecule has 0 aliphatic carbocycles. The monoisotopic (exact) mass is 366 g/mol. The van der Waals surface area contributed by atoms with Crippen molar-refractivity contribution in [2.24, 2.45) is 0 Å². The first-order valence-corrected chi connectivity index (χ1v) is 9.11. The second-order valence-electron chi connectivity index (χ2n) is 6.05. The van der Waals surface area contributed by atoms with Crippen LogP contribution in [0.25, 0.3) is 0 Å². The topological polar surface area (TPSA) is 64.4 Å². The maximum absolute atomic E-state index is 10.8. The molecule has 0 radical (unpaired) electrons. The minimum atomic E-state index is -0.345. The number of thiophene rings is 1. The quantitative estimate of drug-likeness (QED) is 0.616. The van der Waals surface area contributed by atoms with Gasteiger partial charge in [-0.25, -0.2) is 0 Å². The predicted octanol–water partition coefficient (Wildman–Crippen LogP) is 4.15. The minimum absolute atomic E-state index is 0.0186. The highest BCUT2D eigenvalue weighted by Crippen LogP contribution is 2.35. The Bertz CT molecular complexity index is 696. The van der Waals surface area contributed by atoms with E-state index in [1.165, 1.54) is 16.9 Å². The van der Waals surface area contributed by atoms with E-state index in [-0.39, 0.29) is 15.3 Å². The minimum Gasteiger partial charge on any atom is -0.381 e. The molecular weight excluding hydrogens is 348 g/mol. The zero-order chi connectivity index (χ0) is 17.0. The summed E-state index contributed by atoms with van der Waals surface area (Å²) in [5, 5.41) is 17.0. The maximum atomic E-state index is 10.8. The van der Waals surface area contributed by atoms with Gasteiger partial charge in [-0.2, -0.15) is 0 Å². The van der Waals surface area contributed by atoms with E-state index in [2.05, 4.69) is 17.4 Å². The average molecular weight is 367 g/mol. The second-order valence-corrected chi connectivity index (χ2v) is 7.38. The van der Waals surface area contributed by atoms with Crippen molar-refractivity contribution < 1.29 is 9.66 Å². The lowest BCUT2D eigenvalue weighted by Gasteiger charge is -2.38. The van der Waals surface area contributed by atoms with E-state index in [9.17, 15) is 10.1 Å². The van der Waals surface area contributed by atoms with Gasteiger partial charge in [-0.1, -0.05) is 35.1 Å². The van der Waals surface area contributed by atoms with Gasteiger partial charge in [0.15, 0.2) is 0 Å². The average Bonchev–Trinajstić information content (AvgIpc) is 3.05. The van der Waals surface area contributed by atoms with Crippen molar-refractivity contribution >= 4 is 27.9 Å². The molecule has 7 heteroatoms. The number of rotatable bonds is 6. The van der Waals surface area contributed by atoms with Crippen molar-refractivity contribution in [2.75, 3.05) is 19.8 Å². The van der Waals surface area contributed by atoms with Gasteiger partial charge in [0.1, 0.15) is 0 Å². The molecule has 1 aromatic heterocycles. The third kappa shape index (κ3) is 3.95. The van der Waals surface area contributed by atoms with E-state index in [0.717, 1.165) is 43.2 Å². The number of nitrogens with one attached hydrogen (secondary N) is 1. The lowest BCUT2D eigenvalue weighted by molar-refractivity contribution is -0.380. The molecule has 24 heavy (non-hydrogen) atoms. The van der Waals surface area contributed by atoms with Gasteiger partial charge < -0.3 is 10.1 Å². The zero-order valence-electron chi connectivity index (χ0n) is 13.2. The number of hydrogen-bond donors (Lipinski definition) is 1. The Labute approximate surface area is 149 Å². The Morgan fingerprint density at radius 2 is 2.00 bits per heavy atom. The molecule has 0 amide bonds. The lowest BCUT2D eigenvalue weighted by atomic mass is 9.74. The molecule has 0 bridgehead atoms. The molecular formula is C17H19ClN2O3S. The van der Waals surface area contributed by atoms with Gasteiger partial charge in [-0.3, -0.25) is 10.1 Å². The van der Waals surface area contributed by atoms with Crippen LogP contribution in [0, 0.1) is 10.1 Å². The van der Waals surface area contributed by atoms with E-state index < -0.39 is 0 Å². The SMILES string of the molecule is O=[N+]([O-])c1cc(CNCC2(c3ccc(Cl)cc3)CCOCC2)cs1. The molecule has 0 atom stereocenters. The first kappa shape index (κ1) is 17.4. The number of ether oxygens (including phenoxy) is 1. The standard InChI is InChI=1S/C17H19ClN2O3S/c18-15-3-1-14(2-4-15)17(5-7-23-8-6-17)12-19-10-13-9-16(20(21)22)24-11-13/h1-4,9,11,19H,5-8,10,12H2. The summed E-state index contributed by atoms with van der Waals surface area (Å²) >= 11 is 7.18. The third-order valence-electron chi connectivity index (χ3n) is 4.52. The highest BCUT2D eigenvalue weighted by Gasteiger charge is 2.34. The zero-order valence-corrected chi connectivity index (χ0v) is 14.7. The summed E-state index contributed by atoms with van der Waals surface area (Å²) in [6, 6.07) is 9.67. The summed E-state index contributed by atoms with van der Waals surface area (Å²) in [6.07, 6.45) is 1.90. The van der Waals surface area contributed by atoms with E-state index in [1.807, 2.05) is 17.5 Å². The van der Waals surface area contributed by atoms with E-state index in [4.69, 9.17) is 16.3 Å². The molecule has 2 aromatic rings. The molecule has 1 N–H and O–H groups in total. The number of halogens is 1. The molecule has 5 nitrogen and oxygen atoms in total. The molecule has 3 rings (SSSR count). The smallest absolute Gasteiger partial charge is 0.324 e. The first-order chi connectivity index (χ1) is 11.6. The fourth-order valence-corrected chi connectivity index (χ4v) is 3.99. The van der Waals surface area contributed by atoms with E-state index in [0.29, 0.717) is 6.54 Å². The van der Waals surface area contributed by atoms with Gasteiger partial charge in [0, 0.05) is 48.2 Å².